The molecule has 2 fully saturated rings. The molecule has 2 aliphatic rings. The van der Waals surface area contributed by atoms with Crippen LogP contribution in [-0.4, -0.2) is 39.3 Å². The second kappa shape index (κ2) is 4.51. The van der Waals surface area contributed by atoms with Gasteiger partial charge in [0.1, 0.15) is 16.5 Å². The minimum Gasteiger partial charge on any atom is -0.466 e. The molecule has 17 heavy (non-hydrogen) atoms. The monoisotopic (exact) mass is 271 g/mol. The number of carbonyl (C=O) groups excluding carboxylic acids is 1. The molecule has 0 bridgehead atoms. The minimum absolute atomic E-state index is 0.00522. The molecule has 0 aromatic carbocycles. The summed E-state index contributed by atoms with van der Waals surface area (Å²) >= 11 is 0. The van der Waals surface area contributed by atoms with Crippen LogP contribution >= 0.6 is 0 Å². The summed E-state index contributed by atoms with van der Waals surface area (Å²) in [7, 11) is -2.42. The Kier molecular flexibility index (Phi) is 3.53. The van der Waals surface area contributed by atoms with Crippen LogP contribution in [0.3, 0.4) is 0 Å². The fourth-order valence-corrected chi connectivity index (χ4v) is 18.8. The molecule has 2 rings (SSSR count). The van der Waals surface area contributed by atoms with Crippen molar-refractivity contribution in [1.82, 2.24) is 4.23 Å². The molecule has 2 aliphatic heterocycles. The fraction of sp³-hybridized carbons (Fsp3) is 0.917. The lowest BCUT2D eigenvalue weighted by atomic mass is 10.1. The molecular formula is C12H25NO2Si2. The molecule has 0 spiro atoms. The van der Waals surface area contributed by atoms with Crippen LogP contribution in [0.25, 0.3) is 0 Å². The van der Waals surface area contributed by atoms with Gasteiger partial charge in [-0.05, 0) is 24.9 Å². The van der Waals surface area contributed by atoms with Gasteiger partial charge in [0, 0.05) is 12.5 Å². The Balaban J connectivity index is 2.16. The standard InChI is InChI=1S/C12H25NO2Si2/c1-16(2)9-10-17(3,4)13(16)11-5-6-12(14)15-8-7-11/h11H,5-10H2,1-4H3. The average molecular weight is 272 g/mol. The number of hydrogen-bond donors (Lipinski definition) is 0. The zero-order valence-electron chi connectivity index (χ0n) is 11.6. The molecule has 1 unspecified atom stereocenters. The Labute approximate surface area is 107 Å². The molecule has 0 radical (unpaired) electrons. The third kappa shape index (κ3) is 2.66. The molecule has 0 saturated carbocycles. The summed E-state index contributed by atoms with van der Waals surface area (Å²) in [5.74, 6) is 0.00522. The van der Waals surface area contributed by atoms with Crippen molar-refractivity contribution in [2.24, 2.45) is 0 Å². The van der Waals surface area contributed by atoms with Gasteiger partial charge in [0.15, 0.2) is 0 Å². The third-order valence-corrected chi connectivity index (χ3v) is 14.8. The molecule has 0 N–H and O–H groups in total. The Bertz CT molecular complexity index is 302. The van der Waals surface area contributed by atoms with Crippen LogP contribution in [0, 0.1) is 0 Å². The summed E-state index contributed by atoms with van der Waals surface area (Å²) in [6.07, 6.45) is 2.69. The molecule has 0 aliphatic carbocycles. The van der Waals surface area contributed by atoms with Gasteiger partial charge in [0.2, 0.25) is 0 Å². The molecular weight excluding hydrogens is 246 g/mol. The quantitative estimate of drug-likeness (QED) is 0.542. The SMILES string of the molecule is C[Si]1(C)CC[Si](C)(C)N1C1CCOC(=O)CC1. The van der Waals surface area contributed by atoms with Crippen LogP contribution in [0.15, 0.2) is 0 Å². The highest BCUT2D eigenvalue weighted by atomic mass is 28.4. The lowest BCUT2D eigenvalue weighted by Crippen LogP contribution is -2.59. The van der Waals surface area contributed by atoms with E-state index in [1.165, 1.54) is 12.1 Å². The normalized spacial score (nSPS) is 33.2. The fourth-order valence-electron chi connectivity index (χ4n) is 3.73. The van der Waals surface area contributed by atoms with Gasteiger partial charge in [0.25, 0.3) is 0 Å². The summed E-state index contributed by atoms with van der Waals surface area (Å²) in [6.45, 7) is 10.6. The van der Waals surface area contributed by atoms with E-state index < -0.39 is 16.5 Å². The third-order valence-electron chi connectivity index (χ3n) is 4.41. The van der Waals surface area contributed by atoms with E-state index in [1.807, 2.05) is 0 Å². The zero-order chi connectivity index (χ0) is 12.7. The van der Waals surface area contributed by atoms with Crippen molar-refractivity contribution in [2.45, 2.75) is 63.6 Å². The highest BCUT2D eigenvalue weighted by Crippen LogP contribution is 2.40. The smallest absolute Gasteiger partial charge is 0.305 e. The van der Waals surface area contributed by atoms with E-state index in [0.29, 0.717) is 19.1 Å². The topological polar surface area (TPSA) is 29.5 Å². The van der Waals surface area contributed by atoms with Gasteiger partial charge >= 0.3 is 5.97 Å². The number of carbonyl (C=O) groups is 1. The average Bonchev–Trinajstić information content (AvgIpc) is 2.40. The number of rotatable bonds is 1. The zero-order valence-corrected chi connectivity index (χ0v) is 13.6. The molecule has 2 saturated heterocycles. The van der Waals surface area contributed by atoms with Gasteiger partial charge in [-0.15, -0.1) is 0 Å². The number of nitrogens with zero attached hydrogens (tertiary/aromatic N) is 1. The second-order valence-electron chi connectivity index (χ2n) is 6.70. The first-order chi connectivity index (χ1) is 7.83. The Hall–Kier alpha value is -0.136. The van der Waals surface area contributed by atoms with E-state index in [2.05, 4.69) is 30.4 Å². The van der Waals surface area contributed by atoms with Crippen LogP contribution in [0.2, 0.25) is 38.3 Å². The van der Waals surface area contributed by atoms with E-state index >= 15 is 0 Å². The van der Waals surface area contributed by atoms with Crippen LogP contribution in [0.5, 0.6) is 0 Å². The molecule has 0 amide bonds. The second-order valence-corrected chi connectivity index (χ2v) is 16.4. The van der Waals surface area contributed by atoms with E-state index in [0.717, 1.165) is 12.8 Å². The first kappa shape index (κ1) is 13.3. The van der Waals surface area contributed by atoms with Gasteiger partial charge in [-0.2, -0.15) is 0 Å². The van der Waals surface area contributed by atoms with Gasteiger partial charge in [-0.1, -0.05) is 26.2 Å². The summed E-state index contributed by atoms with van der Waals surface area (Å²) in [4.78, 5) is 11.3. The Morgan fingerprint density at radius 1 is 1.12 bits per heavy atom. The maximum atomic E-state index is 11.3. The van der Waals surface area contributed by atoms with Crippen LogP contribution in [-0.2, 0) is 9.53 Å². The lowest BCUT2D eigenvalue weighted by Gasteiger charge is -2.44. The molecule has 3 nitrogen and oxygen atoms in total. The van der Waals surface area contributed by atoms with Gasteiger partial charge < -0.3 is 8.97 Å². The maximum Gasteiger partial charge on any atom is 0.305 e. The molecule has 2 heterocycles. The number of hydrogen-bond acceptors (Lipinski definition) is 3. The lowest BCUT2D eigenvalue weighted by molar-refractivity contribution is -0.142. The van der Waals surface area contributed by atoms with Gasteiger partial charge in [-0.3, -0.25) is 4.79 Å². The van der Waals surface area contributed by atoms with E-state index in [1.54, 1.807) is 0 Å². The number of esters is 1. The molecule has 98 valence electrons. The predicted molar refractivity (Wildman–Crippen MR) is 75.0 cm³/mol. The Morgan fingerprint density at radius 3 is 2.29 bits per heavy atom. The maximum absolute atomic E-state index is 11.3. The van der Waals surface area contributed by atoms with Crippen molar-refractivity contribution in [3.63, 3.8) is 0 Å². The first-order valence-corrected chi connectivity index (χ1v) is 13.1. The highest BCUT2D eigenvalue weighted by molar-refractivity contribution is 6.95. The molecule has 0 aromatic rings. The summed E-state index contributed by atoms with van der Waals surface area (Å²) in [6, 6.07) is 3.50. The highest BCUT2D eigenvalue weighted by Gasteiger charge is 2.50. The summed E-state index contributed by atoms with van der Waals surface area (Å²) in [5.41, 5.74) is 0. The molecule has 1 atom stereocenters. The Morgan fingerprint density at radius 2 is 1.71 bits per heavy atom. The van der Waals surface area contributed by atoms with Crippen molar-refractivity contribution in [3.05, 3.63) is 0 Å². The van der Waals surface area contributed by atoms with Gasteiger partial charge in [0.05, 0.1) is 6.61 Å². The van der Waals surface area contributed by atoms with E-state index in [4.69, 9.17) is 4.74 Å². The van der Waals surface area contributed by atoms with Crippen molar-refractivity contribution in [1.29, 1.82) is 0 Å². The van der Waals surface area contributed by atoms with Crippen molar-refractivity contribution in [3.8, 4) is 0 Å². The molecule has 5 heteroatoms. The van der Waals surface area contributed by atoms with Gasteiger partial charge in [-0.25, -0.2) is 0 Å². The van der Waals surface area contributed by atoms with E-state index in [-0.39, 0.29) is 5.97 Å². The van der Waals surface area contributed by atoms with Crippen molar-refractivity contribution >= 4 is 22.4 Å². The van der Waals surface area contributed by atoms with Crippen molar-refractivity contribution < 1.29 is 9.53 Å². The predicted octanol–water partition coefficient (Wildman–Crippen LogP) is 2.81. The van der Waals surface area contributed by atoms with Crippen molar-refractivity contribution in [2.75, 3.05) is 6.61 Å². The first-order valence-electron chi connectivity index (χ1n) is 6.78. The number of cyclic esters (lactones) is 1. The van der Waals surface area contributed by atoms with Crippen LogP contribution in [0.4, 0.5) is 0 Å². The minimum atomic E-state index is -1.21. The largest absolute Gasteiger partial charge is 0.466 e. The van der Waals surface area contributed by atoms with Crippen LogP contribution in [0.1, 0.15) is 19.3 Å². The summed E-state index contributed by atoms with van der Waals surface area (Å²) < 4.78 is 8.11. The van der Waals surface area contributed by atoms with E-state index in [9.17, 15) is 4.79 Å². The molecule has 0 aromatic heterocycles. The van der Waals surface area contributed by atoms with Crippen LogP contribution < -0.4 is 0 Å². The summed E-state index contributed by atoms with van der Waals surface area (Å²) in [5, 5.41) is 0. The number of ether oxygens (including phenoxy) is 1.